The third kappa shape index (κ3) is 3.30. The van der Waals surface area contributed by atoms with Gasteiger partial charge in [-0.05, 0) is 43.0 Å². The summed E-state index contributed by atoms with van der Waals surface area (Å²) in [4.78, 5) is 0. The number of halogens is 1. The fourth-order valence-corrected chi connectivity index (χ4v) is 2.28. The van der Waals surface area contributed by atoms with Gasteiger partial charge in [0, 0.05) is 5.56 Å². The van der Waals surface area contributed by atoms with Gasteiger partial charge in [-0.2, -0.15) is 0 Å². The molecule has 19 heavy (non-hydrogen) atoms. The SMILES string of the molecule is Cc1ccc(COc2c(C)cccc2CCl)cc1C. The van der Waals surface area contributed by atoms with E-state index in [0.717, 1.165) is 16.9 Å². The van der Waals surface area contributed by atoms with Crippen molar-refractivity contribution in [1.29, 1.82) is 0 Å². The molecule has 0 aliphatic rings. The Labute approximate surface area is 120 Å². The molecule has 0 N–H and O–H groups in total. The van der Waals surface area contributed by atoms with Crippen LogP contribution in [-0.2, 0) is 12.5 Å². The molecule has 2 heteroatoms. The first-order valence-electron chi connectivity index (χ1n) is 6.45. The molecule has 0 atom stereocenters. The number of hydrogen-bond donors (Lipinski definition) is 0. The Morgan fingerprint density at radius 2 is 1.74 bits per heavy atom. The van der Waals surface area contributed by atoms with Crippen LogP contribution in [0.5, 0.6) is 5.75 Å². The highest BCUT2D eigenvalue weighted by atomic mass is 35.5. The number of para-hydroxylation sites is 1. The number of rotatable bonds is 4. The van der Waals surface area contributed by atoms with Crippen LogP contribution in [0.25, 0.3) is 0 Å². The summed E-state index contributed by atoms with van der Waals surface area (Å²) in [5.41, 5.74) is 5.96. The van der Waals surface area contributed by atoms with E-state index in [9.17, 15) is 0 Å². The molecule has 0 unspecified atom stereocenters. The van der Waals surface area contributed by atoms with E-state index in [1.807, 2.05) is 25.1 Å². The largest absolute Gasteiger partial charge is 0.488 e. The van der Waals surface area contributed by atoms with Gasteiger partial charge in [0.25, 0.3) is 0 Å². The van der Waals surface area contributed by atoms with Crippen LogP contribution in [0, 0.1) is 20.8 Å². The minimum Gasteiger partial charge on any atom is -0.488 e. The molecule has 0 radical (unpaired) electrons. The monoisotopic (exact) mass is 274 g/mol. The molecule has 2 rings (SSSR count). The summed E-state index contributed by atoms with van der Waals surface area (Å²) in [5.74, 6) is 1.39. The zero-order valence-electron chi connectivity index (χ0n) is 11.7. The van der Waals surface area contributed by atoms with E-state index in [1.54, 1.807) is 0 Å². The maximum absolute atomic E-state index is 5.96. The van der Waals surface area contributed by atoms with Crippen molar-refractivity contribution >= 4 is 11.6 Å². The summed E-state index contributed by atoms with van der Waals surface area (Å²) < 4.78 is 5.96. The molecule has 2 aromatic rings. The Morgan fingerprint density at radius 3 is 2.42 bits per heavy atom. The Morgan fingerprint density at radius 1 is 0.947 bits per heavy atom. The van der Waals surface area contributed by atoms with Crippen molar-refractivity contribution in [3.63, 3.8) is 0 Å². The second-order valence-electron chi connectivity index (χ2n) is 4.90. The standard InChI is InChI=1S/C17H19ClO/c1-12-7-8-15(9-14(12)3)11-19-17-13(2)5-4-6-16(17)10-18/h4-9H,10-11H2,1-3H3. The van der Waals surface area contributed by atoms with Gasteiger partial charge < -0.3 is 4.74 Å². The van der Waals surface area contributed by atoms with Crippen LogP contribution in [-0.4, -0.2) is 0 Å². The van der Waals surface area contributed by atoms with Gasteiger partial charge in [0.1, 0.15) is 12.4 Å². The van der Waals surface area contributed by atoms with E-state index in [1.165, 1.54) is 16.7 Å². The second kappa shape index (κ2) is 6.12. The molecule has 1 nitrogen and oxygen atoms in total. The van der Waals surface area contributed by atoms with Gasteiger partial charge in [0.05, 0.1) is 5.88 Å². The highest BCUT2D eigenvalue weighted by Gasteiger charge is 2.06. The summed E-state index contributed by atoms with van der Waals surface area (Å²) in [5, 5.41) is 0. The van der Waals surface area contributed by atoms with Crippen LogP contribution in [0.2, 0.25) is 0 Å². The minimum absolute atomic E-state index is 0.476. The highest BCUT2D eigenvalue weighted by molar-refractivity contribution is 6.17. The Hall–Kier alpha value is -1.47. The lowest BCUT2D eigenvalue weighted by molar-refractivity contribution is 0.301. The fourth-order valence-electron chi connectivity index (χ4n) is 2.07. The van der Waals surface area contributed by atoms with E-state index >= 15 is 0 Å². The van der Waals surface area contributed by atoms with Gasteiger partial charge in [0.15, 0.2) is 0 Å². The first-order valence-corrected chi connectivity index (χ1v) is 6.98. The third-order valence-corrected chi connectivity index (χ3v) is 3.68. The number of ether oxygens (including phenoxy) is 1. The molecule has 0 aliphatic carbocycles. The lowest BCUT2D eigenvalue weighted by atomic mass is 10.1. The second-order valence-corrected chi connectivity index (χ2v) is 5.17. The lowest BCUT2D eigenvalue weighted by Crippen LogP contribution is -2.00. The van der Waals surface area contributed by atoms with Crippen molar-refractivity contribution < 1.29 is 4.74 Å². The molecule has 0 aliphatic heterocycles. The summed E-state index contributed by atoms with van der Waals surface area (Å²) in [6, 6.07) is 12.5. The Kier molecular flexibility index (Phi) is 4.49. The van der Waals surface area contributed by atoms with Crippen LogP contribution in [0.3, 0.4) is 0 Å². The zero-order valence-corrected chi connectivity index (χ0v) is 12.4. The first-order chi connectivity index (χ1) is 9.11. The molecule has 0 aromatic heterocycles. The molecule has 2 aromatic carbocycles. The third-order valence-electron chi connectivity index (χ3n) is 3.39. The number of aryl methyl sites for hydroxylation is 3. The van der Waals surface area contributed by atoms with Crippen LogP contribution in [0.1, 0.15) is 27.8 Å². The van der Waals surface area contributed by atoms with E-state index in [4.69, 9.17) is 16.3 Å². The molecular formula is C17H19ClO. The normalized spacial score (nSPS) is 10.5. The van der Waals surface area contributed by atoms with Crippen molar-refractivity contribution in [2.45, 2.75) is 33.3 Å². The Balaban J connectivity index is 2.16. The average Bonchev–Trinajstić information content (AvgIpc) is 2.41. The van der Waals surface area contributed by atoms with Gasteiger partial charge in [-0.1, -0.05) is 36.4 Å². The topological polar surface area (TPSA) is 9.23 Å². The van der Waals surface area contributed by atoms with Gasteiger partial charge in [0.2, 0.25) is 0 Å². The van der Waals surface area contributed by atoms with Crippen LogP contribution in [0.4, 0.5) is 0 Å². The predicted molar refractivity (Wildman–Crippen MR) is 81.0 cm³/mol. The van der Waals surface area contributed by atoms with Crippen molar-refractivity contribution in [2.24, 2.45) is 0 Å². The summed E-state index contributed by atoms with van der Waals surface area (Å²) >= 11 is 5.95. The van der Waals surface area contributed by atoms with E-state index < -0.39 is 0 Å². The predicted octanol–water partition coefficient (Wildman–Crippen LogP) is 4.93. The number of alkyl halides is 1. The first kappa shape index (κ1) is 14.0. The molecule has 0 saturated heterocycles. The zero-order chi connectivity index (χ0) is 13.8. The molecule has 0 heterocycles. The smallest absolute Gasteiger partial charge is 0.127 e. The summed E-state index contributed by atoms with van der Waals surface area (Å²) in [6.45, 7) is 6.87. The van der Waals surface area contributed by atoms with Crippen molar-refractivity contribution in [1.82, 2.24) is 0 Å². The van der Waals surface area contributed by atoms with Gasteiger partial charge in [-0.3, -0.25) is 0 Å². The number of hydrogen-bond acceptors (Lipinski definition) is 1. The van der Waals surface area contributed by atoms with Gasteiger partial charge >= 0.3 is 0 Å². The van der Waals surface area contributed by atoms with Crippen molar-refractivity contribution in [3.05, 3.63) is 64.2 Å². The van der Waals surface area contributed by atoms with Crippen LogP contribution < -0.4 is 4.74 Å². The molecule has 0 fully saturated rings. The van der Waals surface area contributed by atoms with Crippen LogP contribution >= 0.6 is 11.6 Å². The van der Waals surface area contributed by atoms with E-state index in [0.29, 0.717) is 12.5 Å². The fraction of sp³-hybridized carbons (Fsp3) is 0.294. The van der Waals surface area contributed by atoms with Crippen molar-refractivity contribution in [3.8, 4) is 5.75 Å². The van der Waals surface area contributed by atoms with Gasteiger partial charge in [-0.25, -0.2) is 0 Å². The number of benzene rings is 2. The molecular weight excluding hydrogens is 256 g/mol. The Bertz CT molecular complexity index is 575. The lowest BCUT2D eigenvalue weighted by Gasteiger charge is -2.13. The molecule has 0 saturated carbocycles. The van der Waals surface area contributed by atoms with Crippen LogP contribution in [0.15, 0.2) is 36.4 Å². The van der Waals surface area contributed by atoms with Crippen molar-refractivity contribution in [2.75, 3.05) is 0 Å². The summed E-state index contributed by atoms with van der Waals surface area (Å²) in [7, 11) is 0. The maximum atomic E-state index is 5.96. The molecule has 0 bridgehead atoms. The van der Waals surface area contributed by atoms with E-state index in [2.05, 4.69) is 32.0 Å². The highest BCUT2D eigenvalue weighted by Crippen LogP contribution is 2.26. The molecule has 100 valence electrons. The van der Waals surface area contributed by atoms with E-state index in [-0.39, 0.29) is 0 Å². The molecule has 0 amide bonds. The summed E-state index contributed by atoms with van der Waals surface area (Å²) in [6.07, 6.45) is 0. The quantitative estimate of drug-likeness (QED) is 0.719. The molecule has 0 spiro atoms. The average molecular weight is 275 g/mol. The maximum Gasteiger partial charge on any atom is 0.127 e. The minimum atomic E-state index is 0.476. The van der Waals surface area contributed by atoms with Gasteiger partial charge in [-0.15, -0.1) is 11.6 Å².